The van der Waals surface area contributed by atoms with Crippen LogP contribution in [0, 0.1) is 0 Å². The predicted molar refractivity (Wildman–Crippen MR) is 92.4 cm³/mol. The Labute approximate surface area is 151 Å². The molecule has 1 heterocycles. The Hall–Kier alpha value is -2.94. The van der Waals surface area contributed by atoms with Crippen molar-refractivity contribution in [2.45, 2.75) is 0 Å². The van der Waals surface area contributed by atoms with Gasteiger partial charge in [-0.15, -0.1) is 0 Å². The molecule has 130 valence electrons. The van der Waals surface area contributed by atoms with Gasteiger partial charge in [0.15, 0.2) is 6.61 Å². The minimum absolute atomic E-state index is 0.185. The molecule has 2 N–H and O–H groups in total. The molecular weight excluding hydrogens is 394 g/mol. The van der Waals surface area contributed by atoms with Crippen LogP contribution in [0.3, 0.4) is 0 Å². The van der Waals surface area contributed by atoms with E-state index in [1.165, 1.54) is 25.6 Å². The molecule has 2 aromatic rings. The number of amides is 3. The van der Waals surface area contributed by atoms with E-state index in [-0.39, 0.29) is 5.56 Å². The number of methoxy groups -OCH3 is 1. The Morgan fingerprint density at radius 1 is 1.16 bits per heavy atom. The lowest BCUT2D eigenvalue weighted by Gasteiger charge is -2.08. The predicted octanol–water partition coefficient (Wildman–Crippen LogP) is 2.36. The van der Waals surface area contributed by atoms with E-state index in [0.29, 0.717) is 15.9 Å². The molecule has 1 aromatic heterocycles. The van der Waals surface area contributed by atoms with Crippen molar-refractivity contribution < 1.29 is 23.9 Å². The smallest absolute Gasteiger partial charge is 0.340 e. The third-order valence-corrected chi connectivity index (χ3v) is 3.31. The zero-order valence-electron chi connectivity index (χ0n) is 13.1. The molecule has 2 rings (SSSR count). The van der Waals surface area contributed by atoms with Gasteiger partial charge in [0.1, 0.15) is 5.75 Å². The summed E-state index contributed by atoms with van der Waals surface area (Å²) in [4.78, 5) is 38.9. The molecule has 0 saturated carbocycles. The van der Waals surface area contributed by atoms with Crippen LogP contribution in [0.15, 0.2) is 47.2 Å². The maximum absolute atomic E-state index is 11.8. The van der Waals surface area contributed by atoms with E-state index in [0.717, 1.165) is 0 Å². The second-order valence-electron chi connectivity index (χ2n) is 4.70. The van der Waals surface area contributed by atoms with Crippen LogP contribution in [0.25, 0.3) is 0 Å². The van der Waals surface area contributed by atoms with Crippen molar-refractivity contribution in [1.82, 2.24) is 10.3 Å². The summed E-state index contributed by atoms with van der Waals surface area (Å²) in [6.07, 6.45) is 2.81. The number of halogens is 1. The molecule has 0 atom stereocenters. The molecule has 0 aliphatic rings. The van der Waals surface area contributed by atoms with Crippen molar-refractivity contribution in [3.8, 4) is 5.75 Å². The number of carbonyl (C=O) groups excluding carboxylic acids is 3. The maximum atomic E-state index is 11.8. The molecule has 0 fully saturated rings. The fraction of sp³-hybridized carbons (Fsp3) is 0.125. The van der Waals surface area contributed by atoms with Gasteiger partial charge >= 0.3 is 12.0 Å². The summed E-state index contributed by atoms with van der Waals surface area (Å²) in [5, 5.41) is 4.52. The largest absolute Gasteiger partial charge is 0.497 e. The molecule has 0 bridgehead atoms. The number of nitrogens with one attached hydrogen (secondary N) is 2. The Kier molecular flexibility index (Phi) is 6.47. The van der Waals surface area contributed by atoms with Crippen molar-refractivity contribution in [2.75, 3.05) is 19.0 Å². The number of carbonyl (C=O) groups is 3. The Morgan fingerprint density at radius 2 is 1.88 bits per heavy atom. The number of benzene rings is 1. The van der Waals surface area contributed by atoms with E-state index in [1.54, 1.807) is 24.3 Å². The number of hydrogen-bond donors (Lipinski definition) is 2. The van der Waals surface area contributed by atoms with Crippen molar-refractivity contribution in [3.05, 3.63) is 52.8 Å². The van der Waals surface area contributed by atoms with Gasteiger partial charge < -0.3 is 14.8 Å². The van der Waals surface area contributed by atoms with Crippen molar-refractivity contribution in [1.29, 1.82) is 0 Å². The number of pyridine rings is 1. The first-order valence-electron chi connectivity index (χ1n) is 7.00. The van der Waals surface area contributed by atoms with Crippen LogP contribution in [0.1, 0.15) is 10.4 Å². The lowest BCUT2D eigenvalue weighted by molar-refractivity contribution is -0.123. The van der Waals surface area contributed by atoms with Crippen LogP contribution in [0.4, 0.5) is 10.5 Å². The Morgan fingerprint density at radius 3 is 2.52 bits per heavy atom. The van der Waals surface area contributed by atoms with Gasteiger partial charge in [0, 0.05) is 22.6 Å². The van der Waals surface area contributed by atoms with Crippen LogP contribution in [-0.4, -0.2) is 36.6 Å². The molecule has 9 heteroatoms. The highest BCUT2D eigenvalue weighted by Gasteiger charge is 2.13. The number of anilines is 1. The molecule has 3 amide bonds. The Balaban J connectivity index is 1.79. The maximum Gasteiger partial charge on any atom is 0.340 e. The number of ether oxygens (including phenoxy) is 2. The zero-order chi connectivity index (χ0) is 18.2. The fourth-order valence-corrected chi connectivity index (χ4v) is 2.10. The summed E-state index contributed by atoms with van der Waals surface area (Å²) in [5.74, 6) is -0.849. The number of aromatic nitrogens is 1. The molecule has 0 unspecified atom stereocenters. The van der Waals surface area contributed by atoms with E-state index in [9.17, 15) is 14.4 Å². The van der Waals surface area contributed by atoms with E-state index in [1.807, 2.05) is 0 Å². The molecule has 0 radical (unpaired) electrons. The molecule has 0 aliphatic carbocycles. The highest BCUT2D eigenvalue weighted by atomic mass is 79.9. The standard InChI is InChI=1S/C16H14BrN3O5/c1-24-13-4-2-12(3-5-13)19-16(23)20-14(21)9-25-15(22)10-6-11(17)8-18-7-10/h2-8H,9H2,1H3,(H2,19,20,21,23). The first kappa shape index (κ1) is 18.4. The molecule has 25 heavy (non-hydrogen) atoms. The number of imide groups is 1. The average Bonchev–Trinajstić information content (AvgIpc) is 2.60. The summed E-state index contributed by atoms with van der Waals surface area (Å²) in [5.41, 5.74) is 0.660. The van der Waals surface area contributed by atoms with Crippen LogP contribution in [-0.2, 0) is 9.53 Å². The summed E-state index contributed by atoms with van der Waals surface area (Å²) in [6, 6.07) is 7.31. The number of urea groups is 1. The third kappa shape index (κ3) is 5.88. The molecular formula is C16H14BrN3O5. The number of hydrogen-bond acceptors (Lipinski definition) is 6. The van der Waals surface area contributed by atoms with Gasteiger partial charge in [-0.2, -0.15) is 0 Å². The zero-order valence-corrected chi connectivity index (χ0v) is 14.7. The minimum Gasteiger partial charge on any atom is -0.497 e. The van der Waals surface area contributed by atoms with Gasteiger partial charge in [0.25, 0.3) is 5.91 Å². The quantitative estimate of drug-likeness (QED) is 0.736. The van der Waals surface area contributed by atoms with Gasteiger partial charge in [-0.05, 0) is 46.3 Å². The van der Waals surface area contributed by atoms with Crippen LogP contribution >= 0.6 is 15.9 Å². The Bertz CT molecular complexity index is 780. The lowest BCUT2D eigenvalue weighted by atomic mass is 10.3. The van der Waals surface area contributed by atoms with Gasteiger partial charge in [-0.1, -0.05) is 0 Å². The monoisotopic (exact) mass is 407 g/mol. The van der Waals surface area contributed by atoms with Crippen molar-refractivity contribution in [2.24, 2.45) is 0 Å². The van der Waals surface area contributed by atoms with Gasteiger partial charge in [-0.25, -0.2) is 9.59 Å². The number of nitrogens with zero attached hydrogens (tertiary/aromatic N) is 1. The highest BCUT2D eigenvalue weighted by Crippen LogP contribution is 2.14. The molecule has 8 nitrogen and oxygen atoms in total. The van der Waals surface area contributed by atoms with Gasteiger partial charge in [0.2, 0.25) is 0 Å². The van der Waals surface area contributed by atoms with Gasteiger partial charge in [-0.3, -0.25) is 15.1 Å². The lowest BCUT2D eigenvalue weighted by Crippen LogP contribution is -2.37. The van der Waals surface area contributed by atoms with Crippen LogP contribution < -0.4 is 15.4 Å². The third-order valence-electron chi connectivity index (χ3n) is 2.88. The minimum atomic E-state index is -0.762. The normalized spacial score (nSPS) is 9.84. The van der Waals surface area contributed by atoms with E-state index in [4.69, 9.17) is 9.47 Å². The second kappa shape index (κ2) is 8.78. The molecule has 0 aliphatic heterocycles. The van der Waals surface area contributed by atoms with Crippen LogP contribution in [0.5, 0.6) is 5.75 Å². The fourth-order valence-electron chi connectivity index (χ4n) is 1.74. The van der Waals surface area contributed by atoms with Gasteiger partial charge in [0.05, 0.1) is 12.7 Å². The first-order chi connectivity index (χ1) is 12.0. The number of esters is 1. The SMILES string of the molecule is COc1ccc(NC(=O)NC(=O)COC(=O)c2cncc(Br)c2)cc1. The van der Waals surface area contributed by atoms with Crippen molar-refractivity contribution >= 4 is 39.5 Å². The van der Waals surface area contributed by atoms with E-state index >= 15 is 0 Å². The summed E-state index contributed by atoms with van der Waals surface area (Å²) >= 11 is 3.17. The summed E-state index contributed by atoms with van der Waals surface area (Å²) < 4.78 is 10.4. The topological polar surface area (TPSA) is 107 Å². The number of rotatable bonds is 5. The average molecular weight is 408 g/mol. The molecule has 0 spiro atoms. The van der Waals surface area contributed by atoms with Crippen LogP contribution in [0.2, 0.25) is 0 Å². The second-order valence-corrected chi connectivity index (χ2v) is 5.61. The molecule has 1 aromatic carbocycles. The first-order valence-corrected chi connectivity index (χ1v) is 7.80. The van der Waals surface area contributed by atoms with E-state index in [2.05, 4.69) is 31.5 Å². The highest BCUT2D eigenvalue weighted by molar-refractivity contribution is 9.10. The molecule has 0 saturated heterocycles. The van der Waals surface area contributed by atoms with E-state index < -0.39 is 24.5 Å². The summed E-state index contributed by atoms with van der Waals surface area (Å²) in [6.45, 7) is -0.596. The summed E-state index contributed by atoms with van der Waals surface area (Å²) in [7, 11) is 1.53. The van der Waals surface area contributed by atoms with Crippen molar-refractivity contribution in [3.63, 3.8) is 0 Å².